The van der Waals surface area contributed by atoms with Crippen LogP contribution in [0.15, 0.2) is 6.08 Å². The van der Waals surface area contributed by atoms with E-state index < -0.39 is 0 Å². The van der Waals surface area contributed by atoms with Gasteiger partial charge in [0.25, 0.3) is 0 Å². The molecule has 0 amide bonds. The molecule has 1 radical (unpaired) electrons. The van der Waals surface area contributed by atoms with Crippen molar-refractivity contribution >= 4 is 0 Å². The average molecular weight is 125 g/mol. The molecule has 1 aliphatic rings. The standard InChI is InChI=1S/C8H15N/c1-3-6-9(2)7-4-5-8-9/h1,3H,4-8H2,2H3/q+1. The summed E-state index contributed by atoms with van der Waals surface area (Å²) in [5.74, 6) is 0. The summed E-state index contributed by atoms with van der Waals surface area (Å²) < 4.78 is 1.16. The van der Waals surface area contributed by atoms with Crippen molar-refractivity contribution in [2.24, 2.45) is 0 Å². The summed E-state index contributed by atoms with van der Waals surface area (Å²) in [6.07, 6.45) is 4.54. The SMILES string of the molecule is [CH]=CC[N+]1(C)CCCC1. The highest BCUT2D eigenvalue weighted by atomic mass is 15.3. The van der Waals surface area contributed by atoms with Crippen LogP contribution >= 0.6 is 0 Å². The Bertz CT molecular complexity index is 101. The van der Waals surface area contributed by atoms with E-state index in [1.54, 1.807) is 6.08 Å². The van der Waals surface area contributed by atoms with Gasteiger partial charge in [0.1, 0.15) is 0 Å². The number of nitrogens with zero attached hydrogens (tertiary/aromatic N) is 1. The van der Waals surface area contributed by atoms with Gasteiger partial charge in [0.2, 0.25) is 0 Å². The van der Waals surface area contributed by atoms with Crippen LogP contribution in [0.1, 0.15) is 12.8 Å². The first-order chi connectivity index (χ1) is 4.27. The third-order valence-electron chi connectivity index (χ3n) is 2.19. The summed E-state index contributed by atoms with van der Waals surface area (Å²) >= 11 is 0. The Kier molecular flexibility index (Phi) is 1.91. The molecule has 1 fully saturated rings. The molecule has 0 spiro atoms. The molecule has 1 saturated heterocycles. The van der Waals surface area contributed by atoms with Gasteiger partial charge in [0, 0.05) is 12.8 Å². The van der Waals surface area contributed by atoms with Gasteiger partial charge in [0.05, 0.1) is 26.7 Å². The predicted molar refractivity (Wildman–Crippen MR) is 38.9 cm³/mol. The van der Waals surface area contributed by atoms with Crippen LogP contribution in [0.25, 0.3) is 0 Å². The maximum absolute atomic E-state index is 5.35. The van der Waals surface area contributed by atoms with E-state index in [-0.39, 0.29) is 0 Å². The van der Waals surface area contributed by atoms with E-state index in [1.807, 2.05) is 0 Å². The summed E-state index contributed by atoms with van der Waals surface area (Å²) in [6, 6.07) is 0. The molecular formula is C8H15N+. The van der Waals surface area contributed by atoms with Crippen molar-refractivity contribution in [1.29, 1.82) is 0 Å². The van der Waals surface area contributed by atoms with Crippen LogP contribution in [-0.4, -0.2) is 31.2 Å². The number of rotatable bonds is 2. The van der Waals surface area contributed by atoms with Crippen LogP contribution in [0.3, 0.4) is 0 Å². The maximum Gasteiger partial charge on any atom is 0.0974 e. The molecule has 0 unspecified atom stereocenters. The highest BCUT2D eigenvalue weighted by molar-refractivity contribution is 4.63. The Balaban J connectivity index is 2.40. The fourth-order valence-electron chi connectivity index (χ4n) is 1.54. The van der Waals surface area contributed by atoms with Gasteiger partial charge in [-0.2, -0.15) is 0 Å². The zero-order chi connectivity index (χ0) is 6.74. The lowest BCUT2D eigenvalue weighted by molar-refractivity contribution is -0.891. The first-order valence-electron chi connectivity index (χ1n) is 3.64. The Labute approximate surface area is 57.6 Å². The van der Waals surface area contributed by atoms with E-state index in [0.717, 1.165) is 11.0 Å². The van der Waals surface area contributed by atoms with Gasteiger partial charge in [-0.3, -0.25) is 0 Å². The number of hydrogen-bond donors (Lipinski definition) is 0. The van der Waals surface area contributed by atoms with Crippen molar-refractivity contribution in [3.63, 3.8) is 0 Å². The highest BCUT2D eigenvalue weighted by Crippen LogP contribution is 2.15. The number of quaternary nitrogens is 1. The lowest BCUT2D eigenvalue weighted by atomic mass is 10.4. The molecule has 0 N–H and O–H groups in total. The molecule has 0 aromatic carbocycles. The van der Waals surface area contributed by atoms with Crippen LogP contribution in [0.2, 0.25) is 0 Å². The Morgan fingerprint density at radius 3 is 2.44 bits per heavy atom. The van der Waals surface area contributed by atoms with Gasteiger partial charge in [-0.15, -0.1) is 0 Å². The molecule has 0 atom stereocenters. The quantitative estimate of drug-likeness (QED) is 0.487. The van der Waals surface area contributed by atoms with Gasteiger partial charge in [0.15, 0.2) is 0 Å². The van der Waals surface area contributed by atoms with E-state index in [9.17, 15) is 0 Å². The van der Waals surface area contributed by atoms with E-state index in [4.69, 9.17) is 6.58 Å². The maximum atomic E-state index is 5.35. The third kappa shape index (κ3) is 1.55. The van der Waals surface area contributed by atoms with Crippen molar-refractivity contribution in [2.45, 2.75) is 12.8 Å². The van der Waals surface area contributed by atoms with Gasteiger partial charge >= 0.3 is 0 Å². The van der Waals surface area contributed by atoms with Crippen LogP contribution in [0.5, 0.6) is 0 Å². The minimum Gasteiger partial charge on any atom is -0.323 e. The Hall–Kier alpha value is -0.300. The lowest BCUT2D eigenvalue weighted by Gasteiger charge is -2.27. The van der Waals surface area contributed by atoms with E-state index in [0.29, 0.717) is 0 Å². The van der Waals surface area contributed by atoms with Gasteiger partial charge < -0.3 is 4.48 Å². The van der Waals surface area contributed by atoms with Crippen LogP contribution in [0, 0.1) is 6.58 Å². The number of likely N-dealkylation sites (N-methyl/N-ethyl adjacent to an activating group) is 1. The van der Waals surface area contributed by atoms with Crippen molar-refractivity contribution in [3.8, 4) is 0 Å². The Morgan fingerprint density at radius 1 is 1.44 bits per heavy atom. The monoisotopic (exact) mass is 125 g/mol. The molecule has 9 heavy (non-hydrogen) atoms. The molecule has 0 bridgehead atoms. The second-order valence-electron chi connectivity index (χ2n) is 3.19. The summed E-state index contributed by atoms with van der Waals surface area (Å²) in [6.45, 7) is 9.02. The zero-order valence-corrected chi connectivity index (χ0v) is 6.14. The van der Waals surface area contributed by atoms with Gasteiger partial charge in [-0.1, -0.05) is 6.58 Å². The van der Waals surface area contributed by atoms with Crippen LogP contribution in [-0.2, 0) is 0 Å². The summed E-state index contributed by atoms with van der Waals surface area (Å²) in [5.41, 5.74) is 0. The molecule has 0 aliphatic carbocycles. The zero-order valence-electron chi connectivity index (χ0n) is 6.14. The fourth-order valence-corrected chi connectivity index (χ4v) is 1.54. The van der Waals surface area contributed by atoms with E-state index >= 15 is 0 Å². The fraction of sp³-hybridized carbons (Fsp3) is 0.750. The second kappa shape index (κ2) is 2.53. The Morgan fingerprint density at radius 2 is 2.00 bits per heavy atom. The molecule has 1 aliphatic heterocycles. The van der Waals surface area contributed by atoms with Crippen molar-refractivity contribution < 1.29 is 4.48 Å². The summed E-state index contributed by atoms with van der Waals surface area (Å²) in [5, 5.41) is 0. The molecule has 0 aromatic heterocycles. The van der Waals surface area contributed by atoms with E-state index in [1.165, 1.54) is 25.9 Å². The first-order valence-corrected chi connectivity index (χ1v) is 3.64. The smallest absolute Gasteiger partial charge is 0.0974 e. The van der Waals surface area contributed by atoms with Crippen LogP contribution in [0.4, 0.5) is 0 Å². The van der Waals surface area contributed by atoms with Crippen molar-refractivity contribution in [1.82, 2.24) is 0 Å². The first kappa shape index (κ1) is 6.81. The lowest BCUT2D eigenvalue weighted by Crippen LogP contribution is -2.40. The van der Waals surface area contributed by atoms with Crippen molar-refractivity contribution in [2.75, 3.05) is 26.7 Å². The minimum atomic E-state index is 1.04. The van der Waals surface area contributed by atoms with Gasteiger partial charge in [-0.05, 0) is 6.08 Å². The molecule has 0 aromatic rings. The summed E-state index contributed by atoms with van der Waals surface area (Å²) in [4.78, 5) is 0. The molecule has 1 heterocycles. The molecule has 1 heteroatoms. The molecule has 0 saturated carbocycles. The predicted octanol–water partition coefficient (Wildman–Crippen LogP) is 1.22. The summed E-state index contributed by atoms with van der Waals surface area (Å²) in [7, 11) is 2.27. The normalized spacial score (nSPS) is 24.1. The molecule has 51 valence electrons. The van der Waals surface area contributed by atoms with Gasteiger partial charge in [-0.25, -0.2) is 0 Å². The number of likely N-dealkylation sites (tertiary alicyclic amines) is 1. The molecule has 1 rings (SSSR count). The topological polar surface area (TPSA) is 0 Å². The largest absolute Gasteiger partial charge is 0.323 e. The highest BCUT2D eigenvalue weighted by Gasteiger charge is 2.24. The average Bonchev–Trinajstić information content (AvgIpc) is 2.16. The van der Waals surface area contributed by atoms with E-state index in [2.05, 4.69) is 7.05 Å². The van der Waals surface area contributed by atoms with Crippen LogP contribution < -0.4 is 0 Å². The third-order valence-corrected chi connectivity index (χ3v) is 2.19. The second-order valence-corrected chi connectivity index (χ2v) is 3.19. The van der Waals surface area contributed by atoms with Crippen molar-refractivity contribution in [3.05, 3.63) is 12.7 Å². The molecular weight excluding hydrogens is 110 g/mol. The number of hydrogen-bond acceptors (Lipinski definition) is 0. The minimum absolute atomic E-state index is 1.04. The molecule has 1 nitrogen and oxygen atoms in total.